The van der Waals surface area contributed by atoms with Crippen LogP contribution in [0.1, 0.15) is 19.8 Å². The maximum Gasteiger partial charge on any atom is 0.352 e. The Balaban J connectivity index is 2.33. The van der Waals surface area contributed by atoms with Crippen molar-refractivity contribution >= 4 is 28.3 Å². The number of para-hydroxylation sites is 1. The first-order valence-corrected chi connectivity index (χ1v) is 7.89. The number of halogens is 1. The maximum absolute atomic E-state index is 12.6. The summed E-state index contributed by atoms with van der Waals surface area (Å²) in [5.74, 6) is 0.951. The first-order valence-electron chi connectivity index (χ1n) is 7.36. The molecule has 0 radical (unpaired) electrons. The molecular weight excluding hydrogens is 304 g/mol. The van der Waals surface area contributed by atoms with Gasteiger partial charge in [-0.2, -0.15) is 0 Å². The molecule has 3 aromatic rings. The van der Waals surface area contributed by atoms with E-state index in [2.05, 4.69) is 5.10 Å². The van der Waals surface area contributed by atoms with E-state index in [4.69, 9.17) is 11.6 Å². The van der Waals surface area contributed by atoms with Gasteiger partial charge in [0, 0.05) is 19.0 Å². The van der Waals surface area contributed by atoms with Gasteiger partial charge in [0.2, 0.25) is 5.78 Å². The monoisotopic (exact) mass is 320 g/mol. The Morgan fingerprint density at radius 1 is 1.18 bits per heavy atom. The highest BCUT2D eigenvalue weighted by Crippen LogP contribution is 2.10. The molecule has 0 bridgehead atoms. The summed E-state index contributed by atoms with van der Waals surface area (Å²) in [6.45, 7) is 2.83. The third-order valence-corrected chi connectivity index (χ3v) is 4.02. The fraction of sp³-hybridized carbons (Fsp3) is 0.400. The van der Waals surface area contributed by atoms with Crippen LogP contribution in [0.25, 0.3) is 16.7 Å². The van der Waals surface area contributed by atoms with Crippen LogP contribution >= 0.6 is 11.6 Å². The predicted octanol–water partition coefficient (Wildman–Crippen LogP) is 1.85. The van der Waals surface area contributed by atoms with E-state index in [-0.39, 0.29) is 11.2 Å². The van der Waals surface area contributed by atoms with Crippen molar-refractivity contribution in [2.75, 3.05) is 5.88 Å². The molecule has 0 saturated carbocycles. The number of alkyl halides is 1. The van der Waals surface area contributed by atoms with Crippen LogP contribution in [0, 0.1) is 0 Å². The molecule has 0 spiro atoms. The van der Waals surface area contributed by atoms with Crippen molar-refractivity contribution in [2.24, 2.45) is 0 Å². The number of hydrogen-bond donors (Lipinski definition) is 0. The number of rotatable bonds is 5. The van der Waals surface area contributed by atoms with Gasteiger partial charge in [0.05, 0.1) is 10.9 Å². The van der Waals surface area contributed by atoms with Gasteiger partial charge in [0.15, 0.2) is 0 Å². The van der Waals surface area contributed by atoms with E-state index < -0.39 is 0 Å². The molecule has 0 fully saturated rings. The highest BCUT2D eigenvalue weighted by Gasteiger charge is 2.15. The molecule has 0 unspecified atom stereocenters. The van der Waals surface area contributed by atoms with Gasteiger partial charge in [0.25, 0.3) is 5.56 Å². The van der Waals surface area contributed by atoms with Crippen molar-refractivity contribution in [3.05, 3.63) is 45.1 Å². The number of benzene rings is 1. The van der Waals surface area contributed by atoms with E-state index in [1.54, 1.807) is 18.2 Å². The third-order valence-electron chi connectivity index (χ3n) is 3.75. The smallest absolute Gasteiger partial charge is 0.277 e. The van der Waals surface area contributed by atoms with Gasteiger partial charge in [-0.3, -0.25) is 9.36 Å². The van der Waals surface area contributed by atoms with Crippen molar-refractivity contribution in [1.29, 1.82) is 0 Å². The molecule has 1 aromatic carbocycles. The fourth-order valence-electron chi connectivity index (χ4n) is 2.65. The van der Waals surface area contributed by atoms with Crippen LogP contribution in [0.3, 0.4) is 0 Å². The molecule has 0 N–H and O–H groups in total. The van der Waals surface area contributed by atoms with Crippen molar-refractivity contribution < 1.29 is 0 Å². The number of hydrogen-bond acceptors (Lipinski definition) is 3. The average molecular weight is 321 g/mol. The second kappa shape index (κ2) is 5.96. The van der Waals surface area contributed by atoms with Crippen LogP contribution in [0.15, 0.2) is 33.9 Å². The number of aryl methyl sites for hydroxylation is 2. The zero-order chi connectivity index (χ0) is 15.7. The fourth-order valence-corrected chi connectivity index (χ4v) is 2.84. The number of nitrogens with zero attached hydrogens (tertiary/aromatic N) is 4. The highest BCUT2D eigenvalue weighted by molar-refractivity contribution is 6.17. The van der Waals surface area contributed by atoms with E-state index in [9.17, 15) is 9.59 Å². The minimum atomic E-state index is -0.219. The van der Waals surface area contributed by atoms with Crippen LogP contribution in [0.4, 0.5) is 0 Å². The van der Waals surface area contributed by atoms with Gasteiger partial charge in [0.1, 0.15) is 0 Å². The lowest BCUT2D eigenvalue weighted by molar-refractivity contribution is 0.554. The summed E-state index contributed by atoms with van der Waals surface area (Å²) >= 11 is 5.67. The molecular formula is C15H17ClN4O2. The Kier molecular flexibility index (Phi) is 4.02. The molecule has 7 heteroatoms. The van der Waals surface area contributed by atoms with Crippen LogP contribution in [0.5, 0.6) is 0 Å². The van der Waals surface area contributed by atoms with E-state index in [1.807, 2.05) is 13.0 Å². The van der Waals surface area contributed by atoms with E-state index in [1.165, 1.54) is 13.6 Å². The highest BCUT2D eigenvalue weighted by atomic mass is 35.5. The molecule has 2 heterocycles. The quantitative estimate of drug-likeness (QED) is 0.532. The zero-order valence-electron chi connectivity index (χ0n) is 12.3. The second-order valence-electron chi connectivity index (χ2n) is 5.10. The topological polar surface area (TPSA) is 61.3 Å². The van der Waals surface area contributed by atoms with Gasteiger partial charge in [-0.25, -0.2) is 13.9 Å². The molecule has 0 aliphatic rings. The lowest BCUT2D eigenvalue weighted by Gasteiger charge is -2.06. The Bertz CT molecular complexity index is 938. The summed E-state index contributed by atoms with van der Waals surface area (Å²) in [7, 11) is 0. The molecule has 116 valence electrons. The second-order valence-corrected chi connectivity index (χ2v) is 5.48. The molecule has 0 aliphatic heterocycles. The first-order chi connectivity index (χ1) is 10.7. The van der Waals surface area contributed by atoms with Gasteiger partial charge >= 0.3 is 5.69 Å². The van der Waals surface area contributed by atoms with Crippen molar-refractivity contribution in [3.8, 4) is 0 Å². The minimum Gasteiger partial charge on any atom is -0.277 e. The SMILES string of the molecule is CCn1c(=O)c2ccccc2n2c(=O)n(CCCCCl)nc12. The molecule has 0 aliphatic carbocycles. The summed E-state index contributed by atoms with van der Waals surface area (Å²) in [6.07, 6.45) is 1.60. The molecule has 2 aromatic heterocycles. The third kappa shape index (κ3) is 2.23. The van der Waals surface area contributed by atoms with E-state index in [0.717, 1.165) is 12.8 Å². The zero-order valence-corrected chi connectivity index (χ0v) is 13.1. The standard InChI is InChI=1S/C15H17ClN4O2/c1-2-18-13(21)11-7-3-4-8-12(11)20-14(18)17-19(15(20)22)10-6-5-9-16/h3-4,7-8H,2,5-6,9-10H2,1H3. The number of fused-ring (bicyclic) bond motifs is 3. The molecule has 0 saturated heterocycles. The Hall–Kier alpha value is -2.08. The summed E-state index contributed by atoms with van der Waals surface area (Å²) < 4.78 is 4.46. The van der Waals surface area contributed by atoms with Crippen molar-refractivity contribution in [3.63, 3.8) is 0 Å². The lowest BCUT2D eigenvalue weighted by Crippen LogP contribution is -2.26. The molecule has 6 nitrogen and oxygen atoms in total. The van der Waals surface area contributed by atoms with Gasteiger partial charge in [-0.1, -0.05) is 12.1 Å². The van der Waals surface area contributed by atoms with E-state index in [0.29, 0.717) is 35.7 Å². The average Bonchev–Trinajstić information content (AvgIpc) is 2.85. The van der Waals surface area contributed by atoms with Crippen molar-refractivity contribution in [2.45, 2.75) is 32.9 Å². The normalized spacial score (nSPS) is 11.5. The summed E-state index contributed by atoms with van der Waals surface area (Å²) in [4.78, 5) is 25.2. The van der Waals surface area contributed by atoms with Crippen molar-refractivity contribution in [1.82, 2.24) is 18.7 Å². The molecule has 0 atom stereocenters. The predicted molar refractivity (Wildman–Crippen MR) is 86.8 cm³/mol. The molecule has 22 heavy (non-hydrogen) atoms. The maximum atomic E-state index is 12.6. The number of unbranched alkanes of at least 4 members (excludes halogenated alkanes) is 1. The Morgan fingerprint density at radius 3 is 2.68 bits per heavy atom. The van der Waals surface area contributed by atoms with E-state index >= 15 is 0 Å². The van der Waals surface area contributed by atoms with Crippen LogP contribution < -0.4 is 11.2 Å². The molecule has 0 amide bonds. The van der Waals surface area contributed by atoms with Gasteiger partial charge < -0.3 is 0 Å². The van der Waals surface area contributed by atoms with Gasteiger partial charge in [-0.05, 0) is 31.9 Å². The van der Waals surface area contributed by atoms with Crippen LogP contribution in [0.2, 0.25) is 0 Å². The summed E-state index contributed by atoms with van der Waals surface area (Å²) in [6, 6.07) is 7.12. The Labute approximate surface area is 131 Å². The molecule has 3 rings (SSSR count). The summed E-state index contributed by atoms with van der Waals surface area (Å²) in [5.41, 5.74) is 0.257. The van der Waals surface area contributed by atoms with Crippen LogP contribution in [-0.4, -0.2) is 24.6 Å². The minimum absolute atomic E-state index is 0.122. The summed E-state index contributed by atoms with van der Waals surface area (Å²) in [5, 5.41) is 4.88. The Morgan fingerprint density at radius 2 is 1.95 bits per heavy atom. The first kappa shape index (κ1) is 14.8. The van der Waals surface area contributed by atoms with Gasteiger partial charge in [-0.15, -0.1) is 16.7 Å². The number of aromatic nitrogens is 4. The largest absolute Gasteiger partial charge is 0.352 e. The lowest BCUT2D eigenvalue weighted by atomic mass is 10.2. The van der Waals surface area contributed by atoms with Crippen LogP contribution in [-0.2, 0) is 13.1 Å².